The highest BCUT2D eigenvalue weighted by Gasteiger charge is 2.43. The number of nitrogens with zero attached hydrogens (tertiary/aromatic N) is 2. The highest BCUT2D eigenvalue weighted by molar-refractivity contribution is 5.78. The molecule has 0 aromatic heterocycles. The molecule has 1 aliphatic heterocycles. The molecule has 18 heavy (non-hydrogen) atoms. The molecule has 1 saturated carbocycles. The van der Waals surface area contributed by atoms with E-state index in [4.69, 9.17) is 11.1 Å². The van der Waals surface area contributed by atoms with Crippen molar-refractivity contribution in [2.75, 3.05) is 40.3 Å². The van der Waals surface area contributed by atoms with E-state index in [9.17, 15) is 0 Å². The summed E-state index contributed by atoms with van der Waals surface area (Å²) in [5, 5.41) is 7.46. The molecule has 2 aliphatic rings. The number of hydrogen-bond donors (Lipinski definition) is 2. The number of piperidine rings is 1. The molecule has 0 aromatic carbocycles. The van der Waals surface area contributed by atoms with E-state index in [1.165, 1.54) is 45.3 Å². The highest BCUT2D eigenvalue weighted by atomic mass is 15.1. The lowest BCUT2D eigenvalue weighted by atomic mass is 9.95. The topological polar surface area (TPSA) is 56.4 Å². The van der Waals surface area contributed by atoms with E-state index in [1.807, 2.05) is 0 Å². The van der Waals surface area contributed by atoms with E-state index < -0.39 is 0 Å². The minimum absolute atomic E-state index is 0.353. The number of rotatable bonds is 6. The molecular formula is C14H28N4. The Hall–Kier alpha value is -0.610. The average Bonchev–Trinajstić information content (AvgIpc) is 3.00. The van der Waals surface area contributed by atoms with Gasteiger partial charge in [0, 0.05) is 19.5 Å². The summed E-state index contributed by atoms with van der Waals surface area (Å²) in [4.78, 5) is 4.90. The Balaban J connectivity index is 1.72. The minimum Gasteiger partial charge on any atom is -0.388 e. The zero-order valence-corrected chi connectivity index (χ0v) is 11.9. The minimum atomic E-state index is 0.353. The molecule has 4 nitrogen and oxygen atoms in total. The lowest BCUT2D eigenvalue weighted by Crippen LogP contribution is -2.38. The van der Waals surface area contributed by atoms with Gasteiger partial charge in [-0.2, -0.15) is 0 Å². The Morgan fingerprint density at radius 2 is 2.00 bits per heavy atom. The smallest absolute Gasteiger partial charge is 0.0911 e. The molecule has 4 heteroatoms. The van der Waals surface area contributed by atoms with Gasteiger partial charge in [-0.25, -0.2) is 0 Å². The predicted molar refractivity (Wildman–Crippen MR) is 75.9 cm³/mol. The molecule has 0 spiro atoms. The Bertz CT molecular complexity index is 290. The molecule has 1 heterocycles. The fourth-order valence-electron chi connectivity index (χ4n) is 3.29. The van der Waals surface area contributed by atoms with Crippen molar-refractivity contribution in [3.63, 3.8) is 0 Å². The first kappa shape index (κ1) is 13.8. The van der Waals surface area contributed by atoms with Crippen LogP contribution in [0.15, 0.2) is 0 Å². The molecule has 0 unspecified atom stereocenters. The molecule has 2 rings (SSSR count). The summed E-state index contributed by atoms with van der Waals surface area (Å²) in [5.41, 5.74) is 5.91. The van der Waals surface area contributed by atoms with Crippen LogP contribution in [0.4, 0.5) is 0 Å². The standard InChI is InChI=1S/C14H28N4/c1-17-7-3-12(4-8-17)10-18(2)11-14(5-6-14)9-13(15)16/h12H,3-11H2,1-2H3,(H3,15,16). The maximum absolute atomic E-state index is 7.46. The Labute approximate surface area is 111 Å². The Kier molecular flexibility index (Phi) is 4.28. The van der Waals surface area contributed by atoms with Crippen LogP contribution in [0, 0.1) is 16.7 Å². The van der Waals surface area contributed by atoms with Gasteiger partial charge in [-0.3, -0.25) is 5.41 Å². The van der Waals surface area contributed by atoms with Crippen molar-refractivity contribution >= 4 is 5.84 Å². The summed E-state index contributed by atoms with van der Waals surface area (Å²) in [6, 6.07) is 0. The molecule has 0 amide bonds. The van der Waals surface area contributed by atoms with Gasteiger partial charge >= 0.3 is 0 Å². The number of likely N-dealkylation sites (tertiary alicyclic amines) is 1. The van der Waals surface area contributed by atoms with Gasteiger partial charge in [0.1, 0.15) is 0 Å². The van der Waals surface area contributed by atoms with Gasteiger partial charge in [0.2, 0.25) is 0 Å². The maximum Gasteiger partial charge on any atom is 0.0911 e. The van der Waals surface area contributed by atoms with Gasteiger partial charge in [-0.15, -0.1) is 0 Å². The van der Waals surface area contributed by atoms with E-state index in [1.54, 1.807) is 0 Å². The third kappa shape index (κ3) is 3.95. The summed E-state index contributed by atoms with van der Waals surface area (Å²) < 4.78 is 0. The van der Waals surface area contributed by atoms with Crippen LogP contribution in [0.3, 0.4) is 0 Å². The molecule has 0 aromatic rings. The fraction of sp³-hybridized carbons (Fsp3) is 0.929. The summed E-state index contributed by atoms with van der Waals surface area (Å²) in [6.45, 7) is 4.83. The first-order valence-corrected chi connectivity index (χ1v) is 7.19. The van der Waals surface area contributed by atoms with Crippen LogP contribution in [0.5, 0.6) is 0 Å². The SMILES string of the molecule is CN1CCC(CN(C)CC2(CC(=N)N)CC2)CC1. The summed E-state index contributed by atoms with van der Waals surface area (Å²) >= 11 is 0. The summed E-state index contributed by atoms with van der Waals surface area (Å²) in [7, 11) is 4.45. The van der Waals surface area contributed by atoms with Crippen molar-refractivity contribution in [1.82, 2.24) is 9.80 Å². The third-order valence-corrected chi connectivity index (χ3v) is 4.54. The zero-order valence-electron chi connectivity index (χ0n) is 11.9. The van der Waals surface area contributed by atoms with Crippen LogP contribution in [-0.2, 0) is 0 Å². The van der Waals surface area contributed by atoms with Gasteiger partial charge in [0.15, 0.2) is 0 Å². The highest BCUT2D eigenvalue weighted by Crippen LogP contribution is 2.49. The zero-order chi connectivity index (χ0) is 13.2. The molecule has 3 N–H and O–H groups in total. The largest absolute Gasteiger partial charge is 0.388 e. The van der Waals surface area contributed by atoms with Gasteiger partial charge in [0.05, 0.1) is 5.84 Å². The van der Waals surface area contributed by atoms with Crippen molar-refractivity contribution in [3.8, 4) is 0 Å². The number of nitrogens with one attached hydrogen (secondary N) is 1. The molecule has 1 aliphatic carbocycles. The molecule has 0 atom stereocenters. The second-order valence-corrected chi connectivity index (χ2v) is 6.65. The normalized spacial score (nSPS) is 24.4. The van der Waals surface area contributed by atoms with Crippen LogP contribution >= 0.6 is 0 Å². The van der Waals surface area contributed by atoms with Gasteiger partial charge in [-0.05, 0) is 64.2 Å². The average molecular weight is 252 g/mol. The van der Waals surface area contributed by atoms with E-state index >= 15 is 0 Å². The molecular weight excluding hydrogens is 224 g/mol. The van der Waals surface area contributed by atoms with Crippen LogP contribution in [0.1, 0.15) is 32.1 Å². The number of hydrogen-bond acceptors (Lipinski definition) is 3. The van der Waals surface area contributed by atoms with Gasteiger partial charge in [-0.1, -0.05) is 0 Å². The molecule has 1 saturated heterocycles. The van der Waals surface area contributed by atoms with Crippen molar-refractivity contribution in [2.24, 2.45) is 17.1 Å². The van der Waals surface area contributed by atoms with Crippen molar-refractivity contribution in [3.05, 3.63) is 0 Å². The van der Waals surface area contributed by atoms with Crippen LogP contribution in [-0.4, -0.2) is 55.9 Å². The quantitative estimate of drug-likeness (QED) is 0.554. The summed E-state index contributed by atoms with van der Waals surface area (Å²) in [5.74, 6) is 1.22. The predicted octanol–water partition coefficient (Wildman–Crippen LogP) is 1.37. The van der Waals surface area contributed by atoms with E-state index in [2.05, 4.69) is 23.9 Å². The lowest BCUT2D eigenvalue weighted by Gasteiger charge is -2.33. The van der Waals surface area contributed by atoms with Crippen molar-refractivity contribution in [2.45, 2.75) is 32.1 Å². The Morgan fingerprint density at radius 3 is 2.50 bits per heavy atom. The van der Waals surface area contributed by atoms with Gasteiger partial charge in [0.25, 0.3) is 0 Å². The molecule has 0 bridgehead atoms. The van der Waals surface area contributed by atoms with Crippen LogP contribution < -0.4 is 5.73 Å². The van der Waals surface area contributed by atoms with Crippen LogP contribution in [0.25, 0.3) is 0 Å². The molecule has 0 radical (unpaired) electrons. The van der Waals surface area contributed by atoms with Crippen molar-refractivity contribution < 1.29 is 0 Å². The van der Waals surface area contributed by atoms with E-state index in [-0.39, 0.29) is 0 Å². The lowest BCUT2D eigenvalue weighted by molar-refractivity contribution is 0.162. The number of nitrogens with two attached hydrogens (primary N) is 1. The second kappa shape index (κ2) is 5.57. The van der Waals surface area contributed by atoms with E-state index in [0.29, 0.717) is 11.3 Å². The first-order valence-electron chi connectivity index (χ1n) is 7.19. The monoisotopic (exact) mass is 252 g/mol. The van der Waals surface area contributed by atoms with Crippen LogP contribution in [0.2, 0.25) is 0 Å². The maximum atomic E-state index is 7.46. The molecule has 104 valence electrons. The van der Waals surface area contributed by atoms with E-state index in [0.717, 1.165) is 18.9 Å². The third-order valence-electron chi connectivity index (χ3n) is 4.54. The molecule has 2 fully saturated rings. The fourth-order valence-corrected chi connectivity index (χ4v) is 3.29. The number of amidine groups is 1. The van der Waals surface area contributed by atoms with Crippen molar-refractivity contribution in [1.29, 1.82) is 5.41 Å². The first-order chi connectivity index (χ1) is 8.49. The Morgan fingerprint density at radius 1 is 1.39 bits per heavy atom. The second-order valence-electron chi connectivity index (χ2n) is 6.65. The van der Waals surface area contributed by atoms with Gasteiger partial charge < -0.3 is 15.5 Å². The summed E-state index contributed by atoms with van der Waals surface area (Å²) in [6.07, 6.45) is 5.97.